The molecule has 0 radical (unpaired) electrons. The fourth-order valence-electron chi connectivity index (χ4n) is 3.84. The van der Waals surface area contributed by atoms with Crippen LogP contribution in [0, 0.1) is 0 Å². The van der Waals surface area contributed by atoms with Crippen molar-refractivity contribution in [1.29, 1.82) is 0 Å². The number of anilines is 1. The first kappa shape index (κ1) is 17.5. The van der Waals surface area contributed by atoms with Crippen molar-refractivity contribution in [2.24, 2.45) is 5.10 Å². The van der Waals surface area contributed by atoms with Crippen molar-refractivity contribution in [3.05, 3.63) is 70.5 Å². The molecule has 1 aromatic heterocycles. The lowest BCUT2D eigenvalue weighted by Crippen LogP contribution is -2.24. The van der Waals surface area contributed by atoms with Gasteiger partial charge in [-0.2, -0.15) is 5.10 Å². The summed E-state index contributed by atoms with van der Waals surface area (Å²) in [6, 6.07) is 18.0. The molecule has 5 nitrogen and oxygen atoms in total. The largest absolute Gasteiger partial charge is 0.277 e. The van der Waals surface area contributed by atoms with E-state index in [0.717, 1.165) is 25.0 Å². The molecule has 4 rings (SSSR count). The lowest BCUT2D eigenvalue weighted by molar-refractivity contribution is 0.611. The van der Waals surface area contributed by atoms with Crippen LogP contribution in [0.5, 0.6) is 0 Å². The maximum Gasteiger partial charge on any atom is 0.262 e. The highest BCUT2D eigenvalue weighted by Gasteiger charge is 2.22. The topological polar surface area (TPSA) is 59.3 Å². The molecule has 1 atom stereocenters. The number of rotatable bonds is 4. The van der Waals surface area contributed by atoms with Gasteiger partial charge in [-0.05, 0) is 43.9 Å². The summed E-state index contributed by atoms with van der Waals surface area (Å²) < 4.78 is 1.65. The Hall–Kier alpha value is -2.95. The van der Waals surface area contributed by atoms with Crippen LogP contribution in [0.4, 0.5) is 5.95 Å². The zero-order chi connectivity index (χ0) is 18.6. The van der Waals surface area contributed by atoms with Gasteiger partial charge in [0.1, 0.15) is 0 Å². The summed E-state index contributed by atoms with van der Waals surface area (Å²) in [5, 5.41) is 5.35. The summed E-state index contributed by atoms with van der Waals surface area (Å²) in [5.74, 6) is 0.834. The first-order valence-electron chi connectivity index (χ1n) is 9.65. The van der Waals surface area contributed by atoms with Gasteiger partial charge in [-0.1, -0.05) is 48.9 Å². The number of fused-ring (bicyclic) bond motifs is 1. The predicted molar refractivity (Wildman–Crippen MR) is 110 cm³/mol. The third kappa shape index (κ3) is 3.50. The number of aromatic nitrogens is 2. The molecule has 0 saturated heterocycles. The Labute approximate surface area is 158 Å². The Morgan fingerprint density at radius 1 is 1.11 bits per heavy atom. The molecule has 0 bridgehead atoms. The van der Waals surface area contributed by atoms with Crippen molar-refractivity contribution in [2.45, 2.75) is 45.1 Å². The second-order valence-electron chi connectivity index (χ2n) is 6.93. The van der Waals surface area contributed by atoms with E-state index in [1.807, 2.05) is 37.3 Å². The summed E-state index contributed by atoms with van der Waals surface area (Å²) in [5.41, 5.74) is 6.21. The van der Waals surface area contributed by atoms with Gasteiger partial charge in [0.2, 0.25) is 5.95 Å². The summed E-state index contributed by atoms with van der Waals surface area (Å²) in [4.78, 5) is 17.4. The van der Waals surface area contributed by atoms with Crippen molar-refractivity contribution in [3.8, 4) is 0 Å². The molecule has 1 aliphatic rings. The fraction of sp³-hybridized carbons (Fsp3) is 0.318. The minimum Gasteiger partial charge on any atom is -0.277 e. The number of hydrazone groups is 1. The van der Waals surface area contributed by atoms with Gasteiger partial charge in [0, 0.05) is 18.2 Å². The lowest BCUT2D eigenvalue weighted by Gasteiger charge is -2.24. The Kier molecular flexibility index (Phi) is 5.01. The first-order valence-corrected chi connectivity index (χ1v) is 9.65. The van der Waals surface area contributed by atoms with Crippen LogP contribution in [0.3, 0.4) is 0 Å². The monoisotopic (exact) mass is 360 g/mol. The molecule has 1 N–H and O–H groups in total. The van der Waals surface area contributed by atoms with E-state index in [1.54, 1.807) is 4.57 Å². The van der Waals surface area contributed by atoms with E-state index in [2.05, 4.69) is 34.7 Å². The molecule has 138 valence electrons. The minimum atomic E-state index is -0.0333. The van der Waals surface area contributed by atoms with Crippen LogP contribution in [0.2, 0.25) is 0 Å². The second kappa shape index (κ2) is 7.74. The van der Waals surface area contributed by atoms with Crippen LogP contribution < -0.4 is 11.0 Å². The number of hydrogen-bond acceptors (Lipinski definition) is 4. The highest BCUT2D eigenvalue weighted by atomic mass is 16.1. The zero-order valence-electron chi connectivity index (χ0n) is 15.6. The molecule has 2 aromatic carbocycles. The average Bonchev–Trinajstić information content (AvgIpc) is 2.73. The quantitative estimate of drug-likeness (QED) is 0.695. The van der Waals surface area contributed by atoms with Crippen molar-refractivity contribution in [1.82, 2.24) is 9.55 Å². The average molecular weight is 360 g/mol. The van der Waals surface area contributed by atoms with E-state index in [1.165, 1.54) is 12.0 Å². The highest BCUT2D eigenvalue weighted by Crippen LogP contribution is 2.30. The molecule has 1 heterocycles. The molecule has 0 unspecified atom stereocenters. The standard InChI is InChI=1S/C22H24N4O/c1-2-26-21(27)18-13-7-8-14-19(18)23-22(26)25-24-20-15-9-6-12-17(20)16-10-4-3-5-11-16/h3-5,7-8,10-11,13-14,17H,2,6,9,12,15H2,1H3,(H,23,25)/b24-20-/t17-/m0/s1. The fourth-order valence-corrected chi connectivity index (χ4v) is 3.84. The molecule has 1 saturated carbocycles. The van der Waals surface area contributed by atoms with Crippen molar-refractivity contribution >= 4 is 22.6 Å². The smallest absolute Gasteiger partial charge is 0.262 e. The molecule has 0 spiro atoms. The third-order valence-corrected chi connectivity index (χ3v) is 5.26. The van der Waals surface area contributed by atoms with Crippen LogP contribution in [-0.4, -0.2) is 15.3 Å². The summed E-state index contributed by atoms with van der Waals surface area (Å²) >= 11 is 0. The number of nitrogens with one attached hydrogen (secondary N) is 1. The van der Waals surface area contributed by atoms with Crippen LogP contribution in [0.1, 0.15) is 44.1 Å². The van der Waals surface area contributed by atoms with Gasteiger partial charge in [0.25, 0.3) is 5.56 Å². The summed E-state index contributed by atoms with van der Waals surface area (Å²) in [6.07, 6.45) is 4.44. The van der Waals surface area contributed by atoms with Gasteiger partial charge < -0.3 is 0 Å². The first-order chi connectivity index (χ1) is 13.3. The van der Waals surface area contributed by atoms with Crippen molar-refractivity contribution < 1.29 is 0 Å². The molecule has 5 heteroatoms. The van der Waals surface area contributed by atoms with Gasteiger partial charge in [-0.15, -0.1) is 0 Å². The number of nitrogens with zero attached hydrogens (tertiary/aromatic N) is 3. The molecule has 0 aliphatic heterocycles. The summed E-state index contributed by atoms with van der Waals surface area (Å²) in [7, 11) is 0. The highest BCUT2D eigenvalue weighted by molar-refractivity contribution is 5.92. The Balaban J connectivity index is 1.70. The number of para-hydroxylation sites is 1. The lowest BCUT2D eigenvalue weighted by atomic mass is 9.82. The van der Waals surface area contributed by atoms with Gasteiger partial charge in [0.15, 0.2) is 0 Å². The van der Waals surface area contributed by atoms with Gasteiger partial charge in [0.05, 0.1) is 10.9 Å². The normalized spacial score (nSPS) is 18.7. The van der Waals surface area contributed by atoms with Gasteiger partial charge >= 0.3 is 0 Å². The van der Waals surface area contributed by atoms with E-state index in [0.29, 0.717) is 29.3 Å². The third-order valence-electron chi connectivity index (χ3n) is 5.26. The van der Waals surface area contributed by atoms with Gasteiger partial charge in [-0.25, -0.2) is 10.4 Å². The maximum atomic E-state index is 12.8. The van der Waals surface area contributed by atoms with E-state index >= 15 is 0 Å². The van der Waals surface area contributed by atoms with Crippen LogP contribution in [0.15, 0.2) is 64.5 Å². The minimum absolute atomic E-state index is 0.0333. The van der Waals surface area contributed by atoms with E-state index < -0.39 is 0 Å². The second-order valence-corrected chi connectivity index (χ2v) is 6.93. The molecule has 1 aliphatic carbocycles. The molecular formula is C22H24N4O. The Morgan fingerprint density at radius 2 is 1.89 bits per heavy atom. The molecule has 1 fully saturated rings. The number of hydrogen-bond donors (Lipinski definition) is 1. The van der Waals surface area contributed by atoms with E-state index in [4.69, 9.17) is 5.10 Å². The summed E-state index contributed by atoms with van der Waals surface area (Å²) in [6.45, 7) is 2.50. The molecule has 3 aromatic rings. The maximum absolute atomic E-state index is 12.8. The molecular weight excluding hydrogens is 336 g/mol. The SMILES string of the molecule is CCn1c(N/N=C2/CCCC[C@H]2c2ccccc2)nc2ccccc2c1=O. The van der Waals surface area contributed by atoms with Crippen LogP contribution in [0.25, 0.3) is 10.9 Å². The van der Waals surface area contributed by atoms with E-state index in [9.17, 15) is 4.79 Å². The Bertz CT molecular complexity index is 1020. The molecule has 0 amide bonds. The van der Waals surface area contributed by atoms with Gasteiger partial charge in [-0.3, -0.25) is 9.36 Å². The van der Waals surface area contributed by atoms with Crippen molar-refractivity contribution in [3.63, 3.8) is 0 Å². The van der Waals surface area contributed by atoms with E-state index in [-0.39, 0.29) is 5.56 Å². The van der Waals surface area contributed by atoms with Crippen molar-refractivity contribution in [2.75, 3.05) is 5.43 Å². The Morgan fingerprint density at radius 3 is 2.70 bits per heavy atom. The van der Waals surface area contributed by atoms with Crippen LogP contribution >= 0.6 is 0 Å². The van der Waals surface area contributed by atoms with Crippen LogP contribution in [-0.2, 0) is 6.54 Å². The molecule has 27 heavy (non-hydrogen) atoms. The zero-order valence-corrected chi connectivity index (χ0v) is 15.6. The number of benzene rings is 2. The predicted octanol–water partition coefficient (Wildman–Crippen LogP) is 4.54.